The Balaban J connectivity index is 1.81. The van der Waals surface area contributed by atoms with Crippen molar-refractivity contribution in [2.45, 2.75) is 26.3 Å². The van der Waals surface area contributed by atoms with Gasteiger partial charge in [-0.25, -0.2) is 4.79 Å². The zero-order valence-electron chi connectivity index (χ0n) is 9.82. The monoisotopic (exact) mass is 225 g/mol. The van der Waals surface area contributed by atoms with Crippen LogP contribution in [0.3, 0.4) is 0 Å². The van der Waals surface area contributed by atoms with Crippen LogP contribution in [0.1, 0.15) is 20.3 Å². The highest BCUT2D eigenvalue weighted by Gasteiger charge is 2.34. The van der Waals surface area contributed by atoms with E-state index in [0.717, 1.165) is 12.5 Å². The average Bonchev–Trinajstić information content (AvgIpc) is 2.95. The van der Waals surface area contributed by atoms with Gasteiger partial charge in [0.15, 0.2) is 0 Å². The number of carbonyl (C=O) groups is 2. The van der Waals surface area contributed by atoms with E-state index in [1.165, 1.54) is 6.42 Å². The molecule has 0 aromatic carbocycles. The van der Waals surface area contributed by atoms with Crippen LogP contribution in [0.4, 0.5) is 4.79 Å². The molecule has 2 fully saturated rings. The number of nitrogens with one attached hydrogen (secondary N) is 2. The van der Waals surface area contributed by atoms with Crippen molar-refractivity contribution in [1.82, 2.24) is 15.5 Å². The first-order valence-corrected chi connectivity index (χ1v) is 5.91. The molecule has 0 radical (unpaired) electrons. The molecule has 0 spiro atoms. The highest BCUT2D eigenvalue weighted by Crippen LogP contribution is 2.36. The van der Waals surface area contributed by atoms with E-state index in [9.17, 15) is 9.59 Å². The van der Waals surface area contributed by atoms with Gasteiger partial charge in [0.25, 0.3) is 0 Å². The Kier molecular flexibility index (Phi) is 3.03. The van der Waals surface area contributed by atoms with E-state index in [1.54, 1.807) is 11.8 Å². The van der Waals surface area contributed by atoms with Crippen LogP contribution in [-0.4, -0.2) is 42.5 Å². The quantitative estimate of drug-likeness (QED) is 0.704. The molecule has 1 heterocycles. The highest BCUT2D eigenvalue weighted by atomic mass is 16.2. The zero-order chi connectivity index (χ0) is 11.7. The standard InChI is InChI=1S/C11H19N3O2/c1-7-5-9(7)6-13-11(16)14-4-3-12-10(15)8(14)2/h7-9H,3-6H2,1-2H3,(H,12,15)(H,13,16). The molecule has 1 saturated carbocycles. The maximum absolute atomic E-state index is 11.8. The third-order valence-corrected chi connectivity index (χ3v) is 3.55. The number of urea groups is 1. The third-order valence-electron chi connectivity index (χ3n) is 3.55. The summed E-state index contributed by atoms with van der Waals surface area (Å²) in [6.45, 7) is 5.84. The Morgan fingerprint density at radius 3 is 2.88 bits per heavy atom. The first kappa shape index (κ1) is 11.2. The summed E-state index contributed by atoms with van der Waals surface area (Å²) in [5.41, 5.74) is 0. The summed E-state index contributed by atoms with van der Waals surface area (Å²) in [5, 5.41) is 5.64. The van der Waals surface area contributed by atoms with E-state index in [-0.39, 0.29) is 18.0 Å². The molecule has 5 heteroatoms. The van der Waals surface area contributed by atoms with E-state index < -0.39 is 0 Å². The van der Waals surface area contributed by atoms with Crippen molar-refractivity contribution < 1.29 is 9.59 Å². The Labute approximate surface area is 95.6 Å². The minimum Gasteiger partial charge on any atom is -0.353 e. The van der Waals surface area contributed by atoms with Crippen molar-refractivity contribution in [2.75, 3.05) is 19.6 Å². The lowest BCUT2D eigenvalue weighted by Crippen LogP contribution is -2.58. The molecule has 2 aliphatic rings. The second-order valence-electron chi connectivity index (χ2n) is 4.82. The first-order valence-electron chi connectivity index (χ1n) is 5.91. The second-order valence-corrected chi connectivity index (χ2v) is 4.82. The molecule has 1 aliphatic carbocycles. The van der Waals surface area contributed by atoms with Gasteiger partial charge < -0.3 is 15.5 Å². The molecular weight excluding hydrogens is 206 g/mol. The molecular formula is C11H19N3O2. The fraction of sp³-hybridized carbons (Fsp3) is 0.818. The molecule has 2 rings (SSSR count). The molecule has 3 atom stereocenters. The molecule has 0 aromatic rings. The van der Waals surface area contributed by atoms with Crippen LogP contribution in [0, 0.1) is 11.8 Å². The Bertz CT molecular complexity index is 306. The summed E-state index contributed by atoms with van der Waals surface area (Å²) in [6, 6.07) is -0.466. The molecule has 0 bridgehead atoms. The summed E-state index contributed by atoms with van der Waals surface area (Å²) in [5.74, 6) is 1.31. The Morgan fingerprint density at radius 1 is 1.56 bits per heavy atom. The van der Waals surface area contributed by atoms with Gasteiger partial charge in [-0.2, -0.15) is 0 Å². The first-order chi connectivity index (χ1) is 7.59. The highest BCUT2D eigenvalue weighted by molar-refractivity contribution is 5.87. The lowest BCUT2D eigenvalue weighted by Gasteiger charge is -2.32. The molecule has 3 amide bonds. The van der Waals surface area contributed by atoms with E-state index >= 15 is 0 Å². The normalized spacial score (nSPS) is 33.2. The minimum atomic E-state index is -0.356. The lowest BCUT2D eigenvalue weighted by molar-refractivity contribution is -0.126. The van der Waals surface area contributed by atoms with Crippen LogP contribution in [0.25, 0.3) is 0 Å². The number of rotatable bonds is 2. The largest absolute Gasteiger partial charge is 0.353 e. The van der Waals surface area contributed by atoms with Gasteiger partial charge in [-0.1, -0.05) is 6.92 Å². The minimum absolute atomic E-state index is 0.0683. The summed E-state index contributed by atoms with van der Waals surface area (Å²) >= 11 is 0. The lowest BCUT2D eigenvalue weighted by atomic mass is 10.2. The molecule has 3 unspecified atom stereocenters. The second kappa shape index (κ2) is 4.31. The number of nitrogens with zero attached hydrogens (tertiary/aromatic N) is 1. The van der Waals surface area contributed by atoms with Gasteiger partial charge in [-0.3, -0.25) is 4.79 Å². The maximum Gasteiger partial charge on any atom is 0.318 e. The van der Waals surface area contributed by atoms with Gasteiger partial charge >= 0.3 is 6.03 Å². The van der Waals surface area contributed by atoms with E-state index in [0.29, 0.717) is 19.0 Å². The molecule has 0 aromatic heterocycles. The van der Waals surface area contributed by atoms with Crippen LogP contribution in [0.5, 0.6) is 0 Å². The summed E-state index contributed by atoms with van der Waals surface area (Å²) in [4.78, 5) is 24.8. The van der Waals surface area contributed by atoms with Crippen molar-refractivity contribution in [3.8, 4) is 0 Å². The topological polar surface area (TPSA) is 61.4 Å². The smallest absolute Gasteiger partial charge is 0.318 e. The Hall–Kier alpha value is -1.26. The number of amides is 3. The predicted molar refractivity (Wildman–Crippen MR) is 59.8 cm³/mol. The fourth-order valence-corrected chi connectivity index (χ4v) is 2.06. The zero-order valence-corrected chi connectivity index (χ0v) is 9.82. The van der Waals surface area contributed by atoms with Crippen LogP contribution in [-0.2, 0) is 4.79 Å². The third kappa shape index (κ3) is 2.28. The van der Waals surface area contributed by atoms with Gasteiger partial charge in [0, 0.05) is 19.6 Å². The number of carbonyl (C=O) groups excluding carboxylic acids is 2. The van der Waals surface area contributed by atoms with E-state index in [4.69, 9.17) is 0 Å². The molecule has 16 heavy (non-hydrogen) atoms. The van der Waals surface area contributed by atoms with Gasteiger partial charge in [0.05, 0.1) is 0 Å². The van der Waals surface area contributed by atoms with Crippen LogP contribution < -0.4 is 10.6 Å². The predicted octanol–water partition coefficient (Wildman–Crippen LogP) is 0.172. The van der Waals surface area contributed by atoms with Crippen molar-refractivity contribution in [3.63, 3.8) is 0 Å². The van der Waals surface area contributed by atoms with E-state index in [2.05, 4.69) is 17.6 Å². The number of hydrogen-bond acceptors (Lipinski definition) is 2. The molecule has 1 aliphatic heterocycles. The summed E-state index contributed by atoms with van der Waals surface area (Å²) in [7, 11) is 0. The molecule has 1 saturated heterocycles. The van der Waals surface area contributed by atoms with Crippen molar-refractivity contribution in [2.24, 2.45) is 11.8 Å². The van der Waals surface area contributed by atoms with Gasteiger partial charge in [-0.05, 0) is 25.2 Å². The van der Waals surface area contributed by atoms with Crippen molar-refractivity contribution in [3.05, 3.63) is 0 Å². The molecule has 5 nitrogen and oxygen atoms in total. The van der Waals surface area contributed by atoms with Crippen LogP contribution in [0.15, 0.2) is 0 Å². The molecule has 90 valence electrons. The van der Waals surface area contributed by atoms with Crippen LogP contribution >= 0.6 is 0 Å². The van der Waals surface area contributed by atoms with Gasteiger partial charge in [0.2, 0.25) is 5.91 Å². The summed E-state index contributed by atoms with van der Waals surface area (Å²) in [6.07, 6.45) is 1.20. The van der Waals surface area contributed by atoms with E-state index in [1.807, 2.05) is 0 Å². The number of piperazine rings is 1. The maximum atomic E-state index is 11.8. The summed E-state index contributed by atoms with van der Waals surface area (Å²) < 4.78 is 0. The molecule has 2 N–H and O–H groups in total. The van der Waals surface area contributed by atoms with Crippen LogP contribution in [0.2, 0.25) is 0 Å². The van der Waals surface area contributed by atoms with Crippen molar-refractivity contribution in [1.29, 1.82) is 0 Å². The average molecular weight is 225 g/mol. The van der Waals surface area contributed by atoms with Gasteiger partial charge in [0.1, 0.15) is 6.04 Å². The van der Waals surface area contributed by atoms with Gasteiger partial charge in [-0.15, -0.1) is 0 Å². The SMILES string of the molecule is CC1CC1CNC(=O)N1CCNC(=O)C1C. The van der Waals surface area contributed by atoms with Crippen molar-refractivity contribution >= 4 is 11.9 Å². The number of hydrogen-bond donors (Lipinski definition) is 2. The Morgan fingerprint density at radius 2 is 2.25 bits per heavy atom. The fourth-order valence-electron chi connectivity index (χ4n) is 2.06.